The summed E-state index contributed by atoms with van der Waals surface area (Å²) in [5.74, 6) is 0.389. The van der Waals surface area contributed by atoms with E-state index in [0.717, 1.165) is 57.6 Å². The number of nitrogens with one attached hydrogen (secondary N) is 2. The molecule has 1 aliphatic carbocycles. The van der Waals surface area contributed by atoms with E-state index in [1.165, 1.54) is 65.7 Å². The van der Waals surface area contributed by atoms with Crippen LogP contribution in [0.15, 0.2) is 99.8 Å². The van der Waals surface area contributed by atoms with Crippen LogP contribution in [0.2, 0.25) is 0 Å². The van der Waals surface area contributed by atoms with E-state index in [9.17, 15) is 30.8 Å². The molecule has 6 rings (SSSR count). The lowest BCUT2D eigenvalue weighted by Gasteiger charge is -2.19. The lowest BCUT2D eigenvalue weighted by Crippen LogP contribution is -2.32. The first kappa shape index (κ1) is 65.3. The Balaban J connectivity index is 0.000000288. The molecule has 22 heteroatoms. The number of halogens is 3. The van der Waals surface area contributed by atoms with Crippen LogP contribution in [0.25, 0.3) is 16.6 Å². The summed E-state index contributed by atoms with van der Waals surface area (Å²) in [5, 5.41) is 5.09. The number of carbonyl (C=O) groups is 2. The maximum absolute atomic E-state index is 15.0. The Morgan fingerprint density at radius 1 is 0.696 bits per heavy atom. The minimum atomic E-state index is -3.54. The van der Waals surface area contributed by atoms with Crippen molar-refractivity contribution in [2.45, 2.75) is 116 Å². The van der Waals surface area contributed by atoms with E-state index in [4.69, 9.17) is 28.9 Å². The minimum absolute atomic E-state index is 0.0147. The fourth-order valence-corrected chi connectivity index (χ4v) is 10.0. The van der Waals surface area contributed by atoms with Gasteiger partial charge in [0.15, 0.2) is 0 Å². The van der Waals surface area contributed by atoms with Crippen LogP contribution in [0.5, 0.6) is 11.8 Å². The second-order valence-electron chi connectivity index (χ2n) is 21.0. The first-order valence-corrected chi connectivity index (χ1v) is 29.2. The third kappa shape index (κ3) is 18.4. The molecule has 0 fully saturated rings. The van der Waals surface area contributed by atoms with Crippen LogP contribution in [0.1, 0.15) is 93.2 Å². The molecule has 2 amide bonds. The molecule has 1 aliphatic rings. The fraction of sp³-hybridized carbons (Fsp3) is 0.439. The zero-order chi connectivity index (χ0) is 59.4. The predicted molar refractivity (Wildman–Crippen MR) is 309 cm³/mol. The first-order valence-electron chi connectivity index (χ1n) is 25.2. The number of ether oxygens (including phenoxy) is 4. The molecule has 0 saturated heterocycles. The van der Waals surface area contributed by atoms with Gasteiger partial charge in [-0.2, -0.15) is 0 Å². The third-order valence-corrected chi connectivity index (χ3v) is 16.2. The maximum Gasteiger partial charge on any atom is 0.407 e. The predicted octanol–water partition coefficient (Wildman–Crippen LogP) is 10.9. The molecule has 5 aromatic rings. The van der Waals surface area contributed by atoms with Crippen molar-refractivity contribution < 1.29 is 54.2 Å². The zero-order valence-corrected chi connectivity index (χ0v) is 51.4. The summed E-state index contributed by atoms with van der Waals surface area (Å²) in [5.41, 5.74) is 10.5. The van der Waals surface area contributed by atoms with Crippen LogP contribution in [-0.4, -0.2) is 124 Å². The van der Waals surface area contributed by atoms with Gasteiger partial charge in [-0.3, -0.25) is 0 Å². The van der Waals surface area contributed by atoms with Crippen LogP contribution < -0.4 is 20.1 Å². The monoisotopic (exact) mass is 1200 g/mol. The SMILES string of the molecule is CC(C)(C)OC(=O)NC/C=C(\F)CBr.COc1nc2c(Cc3ccc(S(=O)(=O)N(C)C)cc3)c(C)n(C/C(F)=C/CNC(=O)OC(C)(C)C)c2cc1C.COc1nc2c(cc1C)CC(C)=C2Cc1ccc(S(=O)(=O)N(C)C)cc1. The van der Waals surface area contributed by atoms with Gasteiger partial charge in [0.25, 0.3) is 0 Å². The summed E-state index contributed by atoms with van der Waals surface area (Å²) in [7, 11) is 2.30. The lowest BCUT2D eigenvalue weighted by atomic mass is 10.0. The standard InChI is InChI=1S/C28H37FN4O5S.C20H24N2O3S.C9H15BrFNO2/c1-18-15-24-25(31-26(18)37-8)23(16-20-9-11-22(12-10-20)39(35,36)32(6)7)19(2)33(24)17-21(29)13-14-30-27(34)38-28(3,4)5;1-13-10-16-11-14(2)20(25-5)21-19(16)18(13)12-15-6-8-17(9-7-15)26(23,24)22(3)4;1-9(2,3)14-8(13)12-5-4-7(11)6-10/h9-13,15H,14,16-17H2,1-8H3,(H,30,34);6-9,11H,10,12H2,1-5H3;4H,5-6H2,1-3H3,(H,12,13)/b21-13-;;7-4-. The van der Waals surface area contributed by atoms with Gasteiger partial charge in [-0.05, 0) is 153 Å². The molecule has 0 unspecified atom stereocenters. The molecule has 3 heterocycles. The molecule has 3 aromatic heterocycles. The number of alkyl halides is 1. The van der Waals surface area contributed by atoms with Gasteiger partial charge in [0.05, 0.1) is 52.6 Å². The summed E-state index contributed by atoms with van der Waals surface area (Å²) in [6.45, 7) is 18.5. The van der Waals surface area contributed by atoms with E-state index >= 15 is 4.39 Å². The largest absolute Gasteiger partial charge is 0.481 e. The Kier molecular flexibility index (Phi) is 23.0. The van der Waals surface area contributed by atoms with Gasteiger partial charge in [-0.1, -0.05) is 45.8 Å². The molecular formula is C57H76BrF2N7O10S2. The Hall–Kier alpha value is -6.20. The van der Waals surface area contributed by atoms with Crippen molar-refractivity contribution >= 4 is 64.8 Å². The number of amides is 2. The summed E-state index contributed by atoms with van der Waals surface area (Å²) in [6.07, 6.45) is 3.50. The lowest BCUT2D eigenvalue weighted by molar-refractivity contribution is 0.0522. The molecule has 0 saturated carbocycles. The Morgan fingerprint density at radius 3 is 1.58 bits per heavy atom. The van der Waals surface area contributed by atoms with Gasteiger partial charge in [-0.15, -0.1) is 0 Å². The third-order valence-electron chi connectivity index (χ3n) is 12.0. The summed E-state index contributed by atoms with van der Waals surface area (Å²) in [6, 6.07) is 17.8. The van der Waals surface area contributed by atoms with Crippen molar-refractivity contribution in [1.82, 2.24) is 33.8 Å². The molecule has 0 spiro atoms. The number of fused-ring (bicyclic) bond motifs is 2. The number of alkyl carbamates (subject to hydrolysis) is 2. The Bertz CT molecular complexity index is 3290. The number of methoxy groups -OCH3 is 2. The van der Waals surface area contributed by atoms with Crippen LogP contribution in [-0.2, 0) is 55.3 Å². The topological polar surface area (TPSA) is 201 Å². The van der Waals surface area contributed by atoms with Crippen molar-refractivity contribution in [2.75, 3.05) is 60.8 Å². The highest BCUT2D eigenvalue weighted by Gasteiger charge is 2.25. The van der Waals surface area contributed by atoms with E-state index < -0.39 is 49.3 Å². The van der Waals surface area contributed by atoms with Gasteiger partial charge in [0.2, 0.25) is 31.8 Å². The molecule has 17 nitrogen and oxygen atoms in total. The highest BCUT2D eigenvalue weighted by atomic mass is 79.9. The number of aromatic nitrogens is 3. The number of sulfonamides is 2. The van der Waals surface area contributed by atoms with Crippen LogP contribution in [0.4, 0.5) is 18.4 Å². The summed E-state index contributed by atoms with van der Waals surface area (Å²) >= 11 is 2.94. The van der Waals surface area contributed by atoms with Crippen LogP contribution in [0.3, 0.4) is 0 Å². The second-order valence-corrected chi connectivity index (χ2v) is 25.9. The first-order chi connectivity index (χ1) is 36.7. The van der Waals surface area contributed by atoms with Gasteiger partial charge in [0, 0.05) is 70.1 Å². The van der Waals surface area contributed by atoms with Crippen LogP contribution in [0, 0.1) is 20.8 Å². The van der Waals surface area contributed by atoms with Crippen molar-refractivity contribution in [3.05, 3.63) is 135 Å². The second kappa shape index (κ2) is 27.8. The maximum atomic E-state index is 15.0. The molecule has 0 bridgehead atoms. The van der Waals surface area contributed by atoms with Crippen molar-refractivity contribution in [3.8, 4) is 11.8 Å². The van der Waals surface area contributed by atoms with E-state index in [2.05, 4.69) is 39.6 Å². The number of benzene rings is 2. The van der Waals surface area contributed by atoms with Gasteiger partial charge in [0.1, 0.15) is 22.9 Å². The zero-order valence-electron chi connectivity index (χ0n) is 48.1. The van der Waals surface area contributed by atoms with E-state index in [1.807, 2.05) is 43.5 Å². The molecule has 0 atom stereocenters. The number of rotatable bonds is 17. The average molecular weight is 1200 g/mol. The molecule has 0 aliphatic heterocycles. The quantitative estimate of drug-likeness (QED) is 0.0836. The summed E-state index contributed by atoms with van der Waals surface area (Å²) < 4.78 is 102. The smallest absolute Gasteiger partial charge is 0.407 e. The Labute approximate surface area is 473 Å². The van der Waals surface area contributed by atoms with Gasteiger partial charge < -0.3 is 34.1 Å². The normalized spacial score (nSPS) is 13.1. The average Bonchev–Trinajstić information content (AvgIpc) is 3.78. The number of nitrogens with zero attached hydrogens (tertiary/aromatic N) is 5. The highest BCUT2D eigenvalue weighted by molar-refractivity contribution is 9.09. The number of hydrogen-bond donors (Lipinski definition) is 2. The number of pyridine rings is 2. The van der Waals surface area contributed by atoms with Crippen LogP contribution >= 0.6 is 15.9 Å². The number of aryl methyl sites for hydroxylation is 2. The molecular weight excluding hydrogens is 1120 g/mol. The van der Waals surface area contributed by atoms with Crippen molar-refractivity contribution in [3.63, 3.8) is 0 Å². The number of allylic oxidation sites excluding steroid dienone is 4. The van der Waals surface area contributed by atoms with Gasteiger partial charge >= 0.3 is 12.2 Å². The molecule has 2 N–H and O–H groups in total. The summed E-state index contributed by atoms with van der Waals surface area (Å²) in [4.78, 5) is 32.8. The van der Waals surface area contributed by atoms with E-state index in [0.29, 0.717) is 28.6 Å². The number of hydrogen-bond acceptors (Lipinski definition) is 12. The van der Waals surface area contributed by atoms with Gasteiger partial charge in [-0.25, -0.2) is 53.8 Å². The van der Waals surface area contributed by atoms with Crippen molar-refractivity contribution in [1.29, 1.82) is 0 Å². The molecule has 0 radical (unpaired) electrons. The van der Waals surface area contributed by atoms with E-state index in [1.54, 1.807) is 92.2 Å². The Morgan fingerprint density at radius 2 is 1.14 bits per heavy atom. The fourth-order valence-electron chi connectivity index (χ4n) is 8.01. The highest BCUT2D eigenvalue weighted by Crippen LogP contribution is 2.37. The molecule has 79 heavy (non-hydrogen) atoms. The number of carbonyl (C=O) groups excluding carboxylic acids is 2. The molecule has 2 aromatic carbocycles. The minimum Gasteiger partial charge on any atom is -0.481 e. The van der Waals surface area contributed by atoms with Crippen molar-refractivity contribution in [2.24, 2.45) is 0 Å². The van der Waals surface area contributed by atoms with E-state index in [-0.39, 0.29) is 35.7 Å². The molecule has 432 valence electrons.